The largest absolute Gasteiger partial charge is 0.390 e. The highest BCUT2D eigenvalue weighted by molar-refractivity contribution is 6.07. The summed E-state index contributed by atoms with van der Waals surface area (Å²) in [7, 11) is 0. The molecule has 1 aromatic heterocycles. The molecule has 3 aromatic rings. The van der Waals surface area contributed by atoms with Crippen LogP contribution in [0.3, 0.4) is 0 Å². The van der Waals surface area contributed by atoms with Crippen LogP contribution in [0.5, 0.6) is 0 Å². The first-order chi connectivity index (χ1) is 15.6. The Labute approximate surface area is 192 Å². The maximum atomic E-state index is 12.5. The number of aliphatic hydroxyl groups is 1. The van der Waals surface area contributed by atoms with Gasteiger partial charge in [0.15, 0.2) is 5.78 Å². The Morgan fingerprint density at radius 2 is 1.66 bits per heavy atom. The van der Waals surface area contributed by atoms with E-state index < -0.39 is 6.10 Å². The number of benzene rings is 2. The van der Waals surface area contributed by atoms with Crippen molar-refractivity contribution < 1.29 is 9.90 Å². The van der Waals surface area contributed by atoms with E-state index in [0.29, 0.717) is 18.7 Å². The molecular formula is C28H36N2O2. The van der Waals surface area contributed by atoms with Crippen LogP contribution in [0.2, 0.25) is 0 Å². The number of allylic oxidation sites excluding steroid dienone is 1. The molecule has 1 atom stereocenters. The summed E-state index contributed by atoms with van der Waals surface area (Å²) in [5.74, 6) is -0.00930. The van der Waals surface area contributed by atoms with Gasteiger partial charge in [0.05, 0.1) is 6.10 Å². The summed E-state index contributed by atoms with van der Waals surface area (Å²) in [6.45, 7) is 7.71. The second-order valence-corrected chi connectivity index (χ2v) is 8.48. The lowest BCUT2D eigenvalue weighted by atomic mass is 10.1. The van der Waals surface area contributed by atoms with Gasteiger partial charge < -0.3 is 14.6 Å². The van der Waals surface area contributed by atoms with Gasteiger partial charge in [-0.1, -0.05) is 75.2 Å². The van der Waals surface area contributed by atoms with E-state index in [1.807, 2.05) is 54.7 Å². The number of fused-ring (bicyclic) bond motifs is 1. The molecular weight excluding hydrogens is 396 g/mol. The highest BCUT2D eigenvalue weighted by atomic mass is 16.3. The Hall–Kier alpha value is -2.69. The number of hydrogen-bond acceptors (Lipinski definition) is 3. The molecule has 1 heterocycles. The summed E-state index contributed by atoms with van der Waals surface area (Å²) >= 11 is 0. The summed E-state index contributed by atoms with van der Waals surface area (Å²) in [5.41, 5.74) is 2.75. The number of aliphatic hydroxyl groups excluding tert-OH is 1. The summed E-state index contributed by atoms with van der Waals surface area (Å²) < 4.78 is 2.12. The average Bonchev–Trinajstić information content (AvgIpc) is 3.17. The second-order valence-electron chi connectivity index (χ2n) is 8.48. The molecule has 0 saturated heterocycles. The van der Waals surface area contributed by atoms with Gasteiger partial charge in [0.1, 0.15) is 0 Å². The monoisotopic (exact) mass is 432 g/mol. The molecule has 4 heteroatoms. The van der Waals surface area contributed by atoms with Gasteiger partial charge in [0.2, 0.25) is 0 Å². The van der Waals surface area contributed by atoms with Crippen LogP contribution in [-0.2, 0) is 6.54 Å². The maximum absolute atomic E-state index is 12.5. The first kappa shape index (κ1) is 24.0. The van der Waals surface area contributed by atoms with Gasteiger partial charge >= 0.3 is 0 Å². The summed E-state index contributed by atoms with van der Waals surface area (Å²) in [6, 6.07) is 17.5. The van der Waals surface area contributed by atoms with Crippen molar-refractivity contribution in [2.24, 2.45) is 0 Å². The third-order valence-electron chi connectivity index (χ3n) is 5.82. The first-order valence-corrected chi connectivity index (χ1v) is 11.9. The van der Waals surface area contributed by atoms with E-state index in [1.165, 1.54) is 12.8 Å². The van der Waals surface area contributed by atoms with Gasteiger partial charge in [0, 0.05) is 41.3 Å². The van der Waals surface area contributed by atoms with E-state index in [1.54, 1.807) is 6.08 Å². The van der Waals surface area contributed by atoms with Gasteiger partial charge in [-0.15, -0.1) is 0 Å². The van der Waals surface area contributed by atoms with Gasteiger partial charge in [-0.25, -0.2) is 0 Å². The molecule has 0 aliphatic rings. The lowest BCUT2D eigenvalue weighted by Gasteiger charge is -2.25. The fourth-order valence-electron chi connectivity index (χ4n) is 4.06. The van der Waals surface area contributed by atoms with Gasteiger partial charge in [-0.2, -0.15) is 0 Å². The Kier molecular flexibility index (Phi) is 9.27. The Morgan fingerprint density at radius 1 is 1.00 bits per heavy atom. The zero-order chi connectivity index (χ0) is 22.8. The van der Waals surface area contributed by atoms with Crippen LogP contribution in [0.1, 0.15) is 55.5 Å². The summed E-state index contributed by atoms with van der Waals surface area (Å²) in [4.78, 5) is 14.9. The highest BCUT2D eigenvalue weighted by Gasteiger charge is 2.14. The molecule has 1 N–H and O–H groups in total. The van der Waals surface area contributed by atoms with Crippen molar-refractivity contribution >= 4 is 22.8 Å². The van der Waals surface area contributed by atoms with Crippen molar-refractivity contribution in [3.63, 3.8) is 0 Å². The van der Waals surface area contributed by atoms with Crippen LogP contribution < -0.4 is 0 Å². The van der Waals surface area contributed by atoms with Crippen LogP contribution in [0.25, 0.3) is 17.0 Å². The minimum Gasteiger partial charge on any atom is -0.390 e. The number of hydrogen-bond donors (Lipinski definition) is 1. The minimum absolute atomic E-state index is 0.00930. The van der Waals surface area contributed by atoms with Crippen molar-refractivity contribution in [3.05, 3.63) is 78.0 Å². The fourth-order valence-corrected chi connectivity index (χ4v) is 4.06. The van der Waals surface area contributed by atoms with Crippen LogP contribution in [-0.4, -0.2) is 46.1 Å². The van der Waals surface area contributed by atoms with Crippen molar-refractivity contribution in [2.45, 2.75) is 52.2 Å². The number of aromatic nitrogens is 1. The van der Waals surface area contributed by atoms with Crippen molar-refractivity contribution in [1.82, 2.24) is 9.47 Å². The summed E-state index contributed by atoms with van der Waals surface area (Å²) in [6.07, 6.45) is 9.77. The van der Waals surface area contributed by atoms with E-state index in [9.17, 15) is 9.90 Å². The molecule has 0 fully saturated rings. The van der Waals surface area contributed by atoms with Crippen LogP contribution in [0.4, 0.5) is 0 Å². The SMILES string of the molecule is CCCCN(CCCC)CC(O)Cn1cc(C=CC(=O)c2ccccc2)c2ccccc21. The number of ketones is 1. The van der Waals surface area contributed by atoms with Gasteiger partial charge in [0.25, 0.3) is 0 Å². The van der Waals surface area contributed by atoms with Crippen molar-refractivity contribution in [3.8, 4) is 0 Å². The molecule has 0 aliphatic carbocycles. The molecule has 170 valence electrons. The minimum atomic E-state index is -0.442. The van der Waals surface area contributed by atoms with E-state index in [4.69, 9.17) is 0 Å². The predicted molar refractivity (Wildman–Crippen MR) is 134 cm³/mol. The first-order valence-electron chi connectivity index (χ1n) is 11.9. The molecule has 0 amide bonds. The van der Waals surface area contributed by atoms with Crippen molar-refractivity contribution in [1.29, 1.82) is 0 Å². The molecule has 0 radical (unpaired) electrons. The molecule has 0 spiro atoms. The zero-order valence-electron chi connectivity index (χ0n) is 19.4. The average molecular weight is 433 g/mol. The quantitative estimate of drug-likeness (QED) is 0.274. The number of nitrogens with zero attached hydrogens (tertiary/aromatic N) is 2. The van der Waals surface area contributed by atoms with Crippen LogP contribution in [0.15, 0.2) is 66.9 Å². The molecule has 32 heavy (non-hydrogen) atoms. The van der Waals surface area contributed by atoms with E-state index in [-0.39, 0.29) is 5.78 Å². The molecule has 0 aliphatic heterocycles. The second kappa shape index (κ2) is 12.4. The Bertz CT molecular complexity index is 999. The van der Waals surface area contributed by atoms with Crippen LogP contribution >= 0.6 is 0 Å². The number of unbranched alkanes of at least 4 members (excludes halogenated alkanes) is 2. The maximum Gasteiger partial charge on any atom is 0.185 e. The lowest BCUT2D eigenvalue weighted by Crippen LogP contribution is -2.36. The van der Waals surface area contributed by atoms with Gasteiger partial charge in [-0.05, 0) is 44.1 Å². The van der Waals surface area contributed by atoms with E-state index >= 15 is 0 Å². The standard InChI is InChI=1S/C28H36N2O2/c1-3-5-18-29(19-6-4-2)21-25(31)22-30-20-24(26-14-10-11-15-27(26)30)16-17-28(32)23-12-8-7-9-13-23/h7-17,20,25,31H,3-6,18-19,21-22H2,1-2H3. The fraction of sp³-hybridized carbons (Fsp3) is 0.393. The predicted octanol–water partition coefficient (Wildman–Crippen LogP) is 5.80. The highest BCUT2D eigenvalue weighted by Crippen LogP contribution is 2.23. The van der Waals surface area contributed by atoms with E-state index in [2.05, 4.69) is 35.4 Å². The molecule has 2 aromatic carbocycles. The normalized spacial score (nSPS) is 12.8. The third kappa shape index (κ3) is 6.65. The Balaban J connectivity index is 1.74. The molecule has 0 saturated carbocycles. The lowest BCUT2D eigenvalue weighted by molar-refractivity contribution is 0.0973. The molecule has 4 nitrogen and oxygen atoms in total. The molecule has 0 bridgehead atoms. The number of carbonyl (C=O) groups excluding carboxylic acids is 1. The van der Waals surface area contributed by atoms with Gasteiger partial charge in [-0.3, -0.25) is 4.79 Å². The van der Waals surface area contributed by atoms with E-state index in [0.717, 1.165) is 42.4 Å². The Morgan fingerprint density at radius 3 is 2.34 bits per heavy atom. The summed E-state index contributed by atoms with van der Waals surface area (Å²) in [5, 5.41) is 12.0. The number of para-hydroxylation sites is 1. The number of carbonyl (C=O) groups is 1. The number of rotatable bonds is 13. The van der Waals surface area contributed by atoms with Crippen LogP contribution in [0, 0.1) is 0 Å². The topological polar surface area (TPSA) is 45.5 Å². The third-order valence-corrected chi connectivity index (χ3v) is 5.82. The molecule has 3 rings (SSSR count). The smallest absolute Gasteiger partial charge is 0.185 e. The van der Waals surface area contributed by atoms with Crippen molar-refractivity contribution in [2.75, 3.05) is 19.6 Å². The zero-order valence-corrected chi connectivity index (χ0v) is 19.4. The molecule has 1 unspecified atom stereocenters.